The van der Waals surface area contributed by atoms with Gasteiger partial charge in [-0.15, -0.1) is 0 Å². The molecule has 0 aliphatic heterocycles. The molecule has 0 spiro atoms. The number of nitrogens with one attached hydrogen (secondary N) is 1. The van der Waals surface area contributed by atoms with Crippen molar-refractivity contribution in [3.8, 4) is 0 Å². The molecule has 0 bridgehead atoms. The Hall–Kier alpha value is -0.870. The average Bonchev–Trinajstić information content (AvgIpc) is 2.44. The van der Waals surface area contributed by atoms with Crippen molar-refractivity contribution in [2.45, 2.75) is 13.0 Å². The minimum Gasteiger partial charge on any atom is -0.306 e. The first-order valence-electron chi connectivity index (χ1n) is 6.27. The van der Waals surface area contributed by atoms with Crippen LogP contribution in [0.2, 0.25) is 15.1 Å². The zero-order valence-corrected chi connectivity index (χ0v) is 13.3. The van der Waals surface area contributed by atoms with E-state index >= 15 is 0 Å². The number of hydrogen-bond donors (Lipinski definition) is 1. The molecule has 6 heteroatoms. The van der Waals surface area contributed by atoms with Crippen molar-refractivity contribution in [1.82, 2.24) is 5.32 Å². The third-order valence-electron chi connectivity index (χ3n) is 3.05. The molecule has 2 aromatic rings. The van der Waals surface area contributed by atoms with E-state index in [1.807, 2.05) is 6.92 Å². The van der Waals surface area contributed by atoms with Gasteiger partial charge < -0.3 is 5.32 Å². The summed E-state index contributed by atoms with van der Waals surface area (Å²) in [5, 5.41) is 4.01. The fraction of sp³-hybridized carbons (Fsp3) is 0.200. The highest BCUT2D eigenvalue weighted by Gasteiger charge is 2.21. The predicted octanol–water partition coefficient (Wildman–Crippen LogP) is 5.62. The third kappa shape index (κ3) is 3.49. The van der Waals surface area contributed by atoms with Gasteiger partial charge in [0, 0.05) is 5.02 Å². The molecule has 0 aromatic heterocycles. The molecule has 112 valence electrons. The van der Waals surface area contributed by atoms with Gasteiger partial charge in [0.15, 0.2) is 11.6 Å². The van der Waals surface area contributed by atoms with Crippen molar-refractivity contribution in [2.75, 3.05) is 6.54 Å². The van der Waals surface area contributed by atoms with Crippen molar-refractivity contribution in [3.05, 3.63) is 68.2 Å². The zero-order valence-electron chi connectivity index (χ0n) is 11.1. The molecule has 2 aromatic carbocycles. The van der Waals surface area contributed by atoms with Gasteiger partial charge in [0.1, 0.15) is 0 Å². The first-order valence-corrected chi connectivity index (χ1v) is 7.40. The van der Waals surface area contributed by atoms with Crippen molar-refractivity contribution in [3.63, 3.8) is 0 Å². The molecule has 0 radical (unpaired) electrons. The minimum absolute atomic E-state index is 0.121. The van der Waals surface area contributed by atoms with E-state index in [1.165, 1.54) is 0 Å². The highest BCUT2D eigenvalue weighted by Crippen LogP contribution is 2.36. The maximum absolute atomic E-state index is 13.5. The van der Waals surface area contributed by atoms with Crippen LogP contribution in [-0.4, -0.2) is 6.54 Å². The molecule has 0 aliphatic rings. The Labute approximate surface area is 136 Å². The SMILES string of the molecule is CCNC(c1cc(F)c(F)cc1Cl)c1cccc(Cl)c1Cl. The largest absolute Gasteiger partial charge is 0.306 e. The first-order chi connectivity index (χ1) is 9.95. The van der Waals surface area contributed by atoms with Crippen LogP contribution < -0.4 is 5.32 Å². The van der Waals surface area contributed by atoms with Gasteiger partial charge in [-0.1, -0.05) is 53.9 Å². The van der Waals surface area contributed by atoms with Crippen LogP contribution >= 0.6 is 34.8 Å². The lowest BCUT2D eigenvalue weighted by Crippen LogP contribution is -2.23. The second-order valence-electron chi connectivity index (χ2n) is 4.42. The molecule has 1 N–H and O–H groups in total. The maximum atomic E-state index is 13.5. The molecule has 2 rings (SSSR count). The molecule has 0 saturated heterocycles. The van der Waals surface area contributed by atoms with Crippen LogP contribution in [0.25, 0.3) is 0 Å². The van der Waals surface area contributed by atoms with Crippen molar-refractivity contribution >= 4 is 34.8 Å². The molecule has 0 amide bonds. The average molecular weight is 351 g/mol. The Kier molecular flexibility index (Phi) is 5.44. The lowest BCUT2D eigenvalue weighted by Gasteiger charge is -2.22. The van der Waals surface area contributed by atoms with Crippen LogP contribution in [0.5, 0.6) is 0 Å². The van der Waals surface area contributed by atoms with Crippen LogP contribution in [0, 0.1) is 11.6 Å². The summed E-state index contributed by atoms with van der Waals surface area (Å²) in [6.45, 7) is 2.47. The van der Waals surface area contributed by atoms with E-state index in [0.29, 0.717) is 27.7 Å². The standard InChI is InChI=1S/C15H12Cl3F2N/c1-2-21-15(8-4-3-5-10(16)14(8)18)9-6-12(19)13(20)7-11(9)17/h3-7,15,21H,2H2,1H3. The van der Waals surface area contributed by atoms with Gasteiger partial charge in [-0.25, -0.2) is 8.78 Å². The zero-order chi connectivity index (χ0) is 15.6. The van der Waals surface area contributed by atoms with Gasteiger partial charge in [0.2, 0.25) is 0 Å². The molecule has 0 saturated carbocycles. The molecular weight excluding hydrogens is 339 g/mol. The van der Waals surface area contributed by atoms with E-state index in [2.05, 4.69) is 5.32 Å². The molecule has 1 unspecified atom stereocenters. The fourth-order valence-corrected chi connectivity index (χ4v) is 2.77. The van der Waals surface area contributed by atoms with Crippen LogP contribution in [0.1, 0.15) is 24.1 Å². The Morgan fingerprint density at radius 3 is 2.33 bits per heavy atom. The molecule has 0 aliphatic carbocycles. The molecule has 21 heavy (non-hydrogen) atoms. The Morgan fingerprint density at radius 1 is 1.00 bits per heavy atom. The molecule has 0 fully saturated rings. The lowest BCUT2D eigenvalue weighted by atomic mass is 9.98. The molecule has 1 atom stereocenters. The molecular formula is C15H12Cl3F2N. The summed E-state index contributed by atoms with van der Waals surface area (Å²) in [7, 11) is 0. The van der Waals surface area contributed by atoms with Gasteiger partial charge in [-0.3, -0.25) is 0 Å². The normalized spacial score (nSPS) is 12.5. The minimum atomic E-state index is -0.990. The van der Waals surface area contributed by atoms with Crippen molar-refractivity contribution in [1.29, 1.82) is 0 Å². The maximum Gasteiger partial charge on any atom is 0.160 e. The molecule has 1 nitrogen and oxygen atoms in total. The van der Waals surface area contributed by atoms with Crippen LogP contribution in [0.4, 0.5) is 8.78 Å². The summed E-state index contributed by atoms with van der Waals surface area (Å²) >= 11 is 18.3. The van der Waals surface area contributed by atoms with Crippen molar-refractivity contribution < 1.29 is 8.78 Å². The van der Waals surface area contributed by atoms with Gasteiger partial charge in [-0.2, -0.15) is 0 Å². The van der Waals surface area contributed by atoms with E-state index in [1.54, 1.807) is 18.2 Å². The summed E-state index contributed by atoms with van der Waals surface area (Å²) in [4.78, 5) is 0. The van der Waals surface area contributed by atoms with Gasteiger partial charge in [0.25, 0.3) is 0 Å². The van der Waals surface area contributed by atoms with E-state index < -0.39 is 17.7 Å². The van der Waals surface area contributed by atoms with E-state index in [9.17, 15) is 8.78 Å². The van der Waals surface area contributed by atoms with E-state index in [-0.39, 0.29) is 5.02 Å². The van der Waals surface area contributed by atoms with Crippen LogP contribution in [-0.2, 0) is 0 Å². The summed E-state index contributed by atoms with van der Waals surface area (Å²) in [5.41, 5.74) is 1.06. The number of rotatable bonds is 4. The summed E-state index contributed by atoms with van der Waals surface area (Å²) in [6.07, 6.45) is 0. The lowest BCUT2D eigenvalue weighted by molar-refractivity contribution is 0.504. The van der Waals surface area contributed by atoms with E-state index in [0.717, 1.165) is 12.1 Å². The quantitative estimate of drug-likeness (QED) is 0.705. The topological polar surface area (TPSA) is 12.0 Å². The molecule has 0 heterocycles. The third-order valence-corrected chi connectivity index (χ3v) is 4.21. The van der Waals surface area contributed by atoms with Gasteiger partial charge in [0.05, 0.1) is 16.1 Å². The van der Waals surface area contributed by atoms with Crippen molar-refractivity contribution in [2.24, 2.45) is 0 Å². The Bertz CT molecular complexity index is 662. The van der Waals surface area contributed by atoms with Crippen LogP contribution in [0.3, 0.4) is 0 Å². The summed E-state index contributed by atoms with van der Waals surface area (Å²) in [5.74, 6) is -1.95. The fourth-order valence-electron chi connectivity index (χ4n) is 2.09. The van der Waals surface area contributed by atoms with E-state index in [4.69, 9.17) is 34.8 Å². The number of benzene rings is 2. The summed E-state index contributed by atoms with van der Waals surface area (Å²) in [6, 6.07) is 6.70. The highest BCUT2D eigenvalue weighted by molar-refractivity contribution is 6.42. The van der Waals surface area contributed by atoms with Gasteiger partial charge in [-0.05, 0) is 35.9 Å². The Morgan fingerprint density at radius 2 is 1.67 bits per heavy atom. The number of halogens is 5. The second kappa shape index (κ2) is 6.93. The van der Waals surface area contributed by atoms with Crippen LogP contribution in [0.15, 0.2) is 30.3 Å². The summed E-state index contributed by atoms with van der Waals surface area (Å²) < 4.78 is 26.8. The Balaban J connectivity index is 2.59. The predicted molar refractivity (Wildman–Crippen MR) is 83.3 cm³/mol. The highest BCUT2D eigenvalue weighted by atomic mass is 35.5. The monoisotopic (exact) mass is 349 g/mol. The number of hydrogen-bond acceptors (Lipinski definition) is 1. The first kappa shape index (κ1) is 16.5. The van der Waals surface area contributed by atoms with Gasteiger partial charge >= 0.3 is 0 Å². The smallest absolute Gasteiger partial charge is 0.160 e. The second-order valence-corrected chi connectivity index (χ2v) is 5.61.